The Labute approximate surface area is 147 Å². The lowest BCUT2D eigenvalue weighted by Crippen LogP contribution is -2.56. The summed E-state index contributed by atoms with van der Waals surface area (Å²) in [4.78, 5) is 0. The molecular formula is C19H36O5. The maximum absolute atomic E-state index is 10.6. The van der Waals surface area contributed by atoms with Gasteiger partial charge in [-0.2, -0.15) is 0 Å². The highest BCUT2D eigenvalue weighted by Gasteiger charge is 2.47. The zero-order valence-corrected chi connectivity index (χ0v) is 16.3. The van der Waals surface area contributed by atoms with Crippen LogP contribution >= 0.6 is 0 Å². The number of aliphatic hydroxyl groups is 1. The highest BCUT2D eigenvalue weighted by molar-refractivity contribution is 4.88. The highest BCUT2D eigenvalue weighted by atomic mass is 16.7. The molecule has 0 amide bonds. The van der Waals surface area contributed by atoms with Crippen LogP contribution in [0.25, 0.3) is 0 Å². The maximum atomic E-state index is 10.6. The molecule has 0 bridgehead atoms. The summed E-state index contributed by atoms with van der Waals surface area (Å²) < 4.78 is 24.0. The van der Waals surface area contributed by atoms with Crippen LogP contribution in [-0.4, -0.2) is 49.2 Å². The van der Waals surface area contributed by atoms with Crippen LogP contribution in [0, 0.1) is 23.7 Å². The maximum Gasteiger partial charge on any atom is 0.184 e. The SMILES string of the molecule is CCC1O[C@H](OC2[C@@H](OC)OC(CC)[C@@H](C)[C@@H]2C)C(O)[C@@H](C)[C@@H]1C. The highest BCUT2D eigenvalue weighted by Crippen LogP contribution is 2.38. The molecule has 5 nitrogen and oxygen atoms in total. The van der Waals surface area contributed by atoms with Gasteiger partial charge in [-0.3, -0.25) is 0 Å². The third-order valence-electron chi connectivity index (χ3n) is 6.38. The predicted octanol–water partition coefficient (Wildman–Crippen LogP) is 3.19. The van der Waals surface area contributed by atoms with E-state index in [2.05, 4.69) is 41.5 Å². The van der Waals surface area contributed by atoms with E-state index < -0.39 is 18.7 Å². The molecule has 2 aliphatic heterocycles. The van der Waals surface area contributed by atoms with Crippen LogP contribution in [0.4, 0.5) is 0 Å². The smallest absolute Gasteiger partial charge is 0.184 e. The molecule has 2 heterocycles. The van der Waals surface area contributed by atoms with E-state index in [-0.39, 0.29) is 30.1 Å². The summed E-state index contributed by atoms with van der Waals surface area (Å²) >= 11 is 0. The Bertz CT molecular complexity index is 386. The number of hydrogen-bond acceptors (Lipinski definition) is 5. The molecule has 4 unspecified atom stereocenters. The molecule has 142 valence electrons. The van der Waals surface area contributed by atoms with Crippen molar-refractivity contribution in [1.29, 1.82) is 0 Å². The van der Waals surface area contributed by atoms with Crippen molar-refractivity contribution < 1.29 is 24.1 Å². The first-order valence-electron chi connectivity index (χ1n) is 9.52. The molecule has 10 atom stereocenters. The van der Waals surface area contributed by atoms with Crippen molar-refractivity contribution in [1.82, 2.24) is 0 Å². The summed E-state index contributed by atoms with van der Waals surface area (Å²) in [6.07, 6.45) is 0.216. The van der Waals surface area contributed by atoms with E-state index in [4.69, 9.17) is 18.9 Å². The van der Waals surface area contributed by atoms with E-state index in [0.717, 1.165) is 12.8 Å². The minimum Gasteiger partial charge on any atom is -0.388 e. The second-order valence-electron chi connectivity index (χ2n) is 7.67. The lowest BCUT2D eigenvalue weighted by molar-refractivity contribution is -0.341. The van der Waals surface area contributed by atoms with Crippen LogP contribution in [-0.2, 0) is 18.9 Å². The van der Waals surface area contributed by atoms with E-state index in [1.807, 2.05) is 0 Å². The first-order valence-corrected chi connectivity index (χ1v) is 9.52. The van der Waals surface area contributed by atoms with E-state index in [1.165, 1.54) is 0 Å². The predicted molar refractivity (Wildman–Crippen MR) is 92.4 cm³/mol. The van der Waals surface area contributed by atoms with Gasteiger partial charge in [0.15, 0.2) is 12.6 Å². The van der Waals surface area contributed by atoms with Crippen LogP contribution in [0.5, 0.6) is 0 Å². The second kappa shape index (κ2) is 8.45. The van der Waals surface area contributed by atoms with Crippen molar-refractivity contribution >= 4 is 0 Å². The summed E-state index contributed by atoms with van der Waals surface area (Å²) in [7, 11) is 1.65. The Morgan fingerprint density at radius 1 is 0.792 bits per heavy atom. The molecular weight excluding hydrogens is 308 g/mol. The van der Waals surface area contributed by atoms with Crippen molar-refractivity contribution in [2.45, 2.75) is 91.4 Å². The largest absolute Gasteiger partial charge is 0.388 e. The third-order valence-corrected chi connectivity index (χ3v) is 6.38. The Hall–Kier alpha value is -0.200. The van der Waals surface area contributed by atoms with Crippen molar-refractivity contribution in [3.05, 3.63) is 0 Å². The summed E-state index contributed by atoms with van der Waals surface area (Å²) in [6, 6.07) is 0. The average Bonchev–Trinajstić information content (AvgIpc) is 2.59. The van der Waals surface area contributed by atoms with Gasteiger partial charge in [0.25, 0.3) is 0 Å². The van der Waals surface area contributed by atoms with Gasteiger partial charge in [0.2, 0.25) is 0 Å². The zero-order chi connectivity index (χ0) is 18.0. The van der Waals surface area contributed by atoms with Crippen LogP contribution < -0.4 is 0 Å². The van der Waals surface area contributed by atoms with Gasteiger partial charge in [0.1, 0.15) is 12.2 Å². The molecule has 2 rings (SSSR count). The van der Waals surface area contributed by atoms with E-state index in [9.17, 15) is 5.11 Å². The fourth-order valence-corrected chi connectivity index (χ4v) is 4.11. The molecule has 2 aliphatic rings. The molecule has 0 aliphatic carbocycles. The minimum absolute atomic E-state index is 0.107. The Kier molecular flexibility index (Phi) is 7.09. The molecule has 0 aromatic rings. The van der Waals surface area contributed by atoms with Crippen LogP contribution in [0.3, 0.4) is 0 Å². The van der Waals surface area contributed by atoms with Crippen LogP contribution in [0.1, 0.15) is 54.4 Å². The van der Waals surface area contributed by atoms with E-state index in [0.29, 0.717) is 11.8 Å². The average molecular weight is 344 g/mol. The van der Waals surface area contributed by atoms with Gasteiger partial charge in [-0.25, -0.2) is 0 Å². The summed E-state index contributed by atoms with van der Waals surface area (Å²) in [5.41, 5.74) is 0. The molecule has 1 N–H and O–H groups in total. The normalized spacial score (nSPS) is 50.0. The van der Waals surface area contributed by atoms with Gasteiger partial charge in [-0.1, -0.05) is 41.5 Å². The quantitative estimate of drug-likeness (QED) is 0.830. The van der Waals surface area contributed by atoms with Crippen LogP contribution in [0.15, 0.2) is 0 Å². The number of methoxy groups -OCH3 is 1. The standard InChI is InChI=1S/C19H36O5/c1-8-14-10(3)12(5)16(20)18(22-14)24-17-13(6)11(4)15(9-2)23-19(17)21-7/h10-20H,8-9H2,1-7H3/t10-,11-,12-,13-,14?,15?,16?,17?,18+,19-/m0/s1. The number of ether oxygens (including phenoxy) is 4. The number of aliphatic hydroxyl groups excluding tert-OH is 1. The summed E-state index contributed by atoms with van der Waals surface area (Å²) in [5.74, 6) is 1.08. The molecule has 2 fully saturated rings. The second-order valence-corrected chi connectivity index (χ2v) is 7.67. The van der Waals surface area contributed by atoms with Gasteiger partial charge in [0, 0.05) is 7.11 Å². The fourth-order valence-electron chi connectivity index (χ4n) is 4.11. The van der Waals surface area contributed by atoms with Gasteiger partial charge in [-0.15, -0.1) is 0 Å². The van der Waals surface area contributed by atoms with Gasteiger partial charge in [0.05, 0.1) is 12.2 Å². The number of rotatable bonds is 5. The lowest BCUT2D eigenvalue weighted by atomic mass is 9.81. The molecule has 5 heteroatoms. The van der Waals surface area contributed by atoms with Crippen molar-refractivity contribution in [3.63, 3.8) is 0 Å². The van der Waals surface area contributed by atoms with E-state index in [1.54, 1.807) is 7.11 Å². The Morgan fingerprint density at radius 2 is 1.29 bits per heavy atom. The lowest BCUT2D eigenvalue weighted by Gasteiger charge is -2.48. The monoisotopic (exact) mass is 344 g/mol. The molecule has 24 heavy (non-hydrogen) atoms. The Balaban J connectivity index is 2.12. The van der Waals surface area contributed by atoms with Gasteiger partial charge in [-0.05, 0) is 36.5 Å². The van der Waals surface area contributed by atoms with Crippen molar-refractivity contribution in [2.75, 3.05) is 7.11 Å². The molecule has 0 aromatic carbocycles. The topological polar surface area (TPSA) is 57.2 Å². The van der Waals surface area contributed by atoms with Crippen molar-refractivity contribution in [2.24, 2.45) is 23.7 Å². The number of hydrogen-bond donors (Lipinski definition) is 1. The van der Waals surface area contributed by atoms with Gasteiger partial charge < -0.3 is 24.1 Å². The zero-order valence-electron chi connectivity index (χ0n) is 16.3. The first kappa shape index (κ1) is 20.1. The van der Waals surface area contributed by atoms with Crippen LogP contribution in [0.2, 0.25) is 0 Å². The van der Waals surface area contributed by atoms with Crippen molar-refractivity contribution in [3.8, 4) is 0 Å². The Morgan fingerprint density at radius 3 is 1.79 bits per heavy atom. The minimum atomic E-state index is -0.633. The molecule has 2 saturated heterocycles. The fraction of sp³-hybridized carbons (Fsp3) is 1.00. The summed E-state index contributed by atoms with van der Waals surface area (Å²) in [5, 5.41) is 10.6. The first-order chi connectivity index (χ1) is 11.3. The third kappa shape index (κ3) is 3.80. The molecule has 0 saturated carbocycles. The van der Waals surface area contributed by atoms with Gasteiger partial charge >= 0.3 is 0 Å². The molecule has 0 radical (unpaired) electrons. The molecule has 0 spiro atoms. The summed E-state index contributed by atoms with van der Waals surface area (Å²) in [6.45, 7) is 12.8. The van der Waals surface area contributed by atoms with E-state index >= 15 is 0 Å². The molecule has 0 aromatic heterocycles.